The number of nitrogens with one attached hydrogen (secondary N) is 2. The number of nitrogens with zero attached hydrogens (tertiary/aromatic N) is 2. The number of amides is 1. The summed E-state index contributed by atoms with van der Waals surface area (Å²) in [5.41, 5.74) is 5.78. The molecule has 4 rings (SSSR count). The van der Waals surface area contributed by atoms with E-state index in [9.17, 15) is 9.90 Å². The predicted octanol–water partition coefficient (Wildman–Crippen LogP) is 4.09. The van der Waals surface area contributed by atoms with E-state index >= 15 is 0 Å². The molecule has 0 saturated heterocycles. The summed E-state index contributed by atoms with van der Waals surface area (Å²) in [4.78, 5) is 12.4. The molecule has 1 heterocycles. The molecule has 0 atom stereocenters. The van der Waals surface area contributed by atoms with Crippen LogP contribution in [0.15, 0.2) is 77.9 Å². The van der Waals surface area contributed by atoms with Crippen LogP contribution >= 0.6 is 0 Å². The molecule has 1 aromatic heterocycles. The SMILES string of the molecule is C/C(=N/NC(=O)c1cc(-c2cccc3ccccc23)n[nH]1)c1cccc(O)c1. The van der Waals surface area contributed by atoms with Crippen molar-refractivity contribution in [3.8, 4) is 17.0 Å². The second-order valence-corrected chi connectivity index (χ2v) is 6.38. The summed E-state index contributed by atoms with van der Waals surface area (Å²) < 4.78 is 0. The topological polar surface area (TPSA) is 90.4 Å². The number of aromatic nitrogens is 2. The van der Waals surface area contributed by atoms with E-state index in [2.05, 4.69) is 20.7 Å². The van der Waals surface area contributed by atoms with Crippen LogP contribution in [0, 0.1) is 0 Å². The van der Waals surface area contributed by atoms with E-state index in [1.807, 2.05) is 42.5 Å². The molecular formula is C22H18N4O2. The van der Waals surface area contributed by atoms with Crippen LogP contribution in [0.1, 0.15) is 23.0 Å². The van der Waals surface area contributed by atoms with Crippen molar-refractivity contribution in [2.24, 2.45) is 5.10 Å². The number of aromatic amines is 1. The molecule has 6 nitrogen and oxygen atoms in total. The lowest BCUT2D eigenvalue weighted by atomic mass is 10.0. The van der Waals surface area contributed by atoms with Gasteiger partial charge in [-0.2, -0.15) is 10.2 Å². The number of fused-ring (bicyclic) bond motifs is 1. The van der Waals surface area contributed by atoms with Crippen LogP contribution in [-0.2, 0) is 0 Å². The van der Waals surface area contributed by atoms with E-state index in [1.165, 1.54) is 0 Å². The molecule has 3 N–H and O–H groups in total. The summed E-state index contributed by atoms with van der Waals surface area (Å²) in [5.74, 6) is -0.245. The van der Waals surface area contributed by atoms with E-state index in [1.54, 1.807) is 37.3 Å². The molecule has 28 heavy (non-hydrogen) atoms. The Morgan fingerprint density at radius 3 is 2.68 bits per heavy atom. The van der Waals surface area contributed by atoms with Gasteiger partial charge in [-0.05, 0) is 35.9 Å². The van der Waals surface area contributed by atoms with Crippen molar-refractivity contribution in [2.45, 2.75) is 6.92 Å². The van der Waals surface area contributed by atoms with E-state index in [0.717, 1.165) is 21.9 Å². The highest BCUT2D eigenvalue weighted by Crippen LogP contribution is 2.27. The van der Waals surface area contributed by atoms with Gasteiger partial charge in [0.25, 0.3) is 5.91 Å². The lowest BCUT2D eigenvalue weighted by Gasteiger charge is -2.03. The number of carbonyl (C=O) groups is 1. The molecule has 6 heteroatoms. The highest BCUT2D eigenvalue weighted by molar-refractivity contribution is 6.01. The fourth-order valence-corrected chi connectivity index (χ4v) is 3.02. The number of hydrazone groups is 1. The first-order valence-corrected chi connectivity index (χ1v) is 8.79. The standard InChI is InChI=1S/C22H18N4O2/c1-14(16-8-4-9-17(27)12-16)23-26-22(28)21-13-20(24-25-21)19-11-5-7-15-6-2-3-10-18(15)19/h2-13,27H,1H3,(H,24,25)(H,26,28)/b23-14-. The van der Waals surface area contributed by atoms with Crippen LogP contribution in [0.3, 0.4) is 0 Å². The number of aromatic hydroxyl groups is 1. The Hall–Kier alpha value is -3.93. The minimum atomic E-state index is -0.390. The molecule has 0 bridgehead atoms. The van der Waals surface area contributed by atoms with Crippen molar-refractivity contribution in [1.29, 1.82) is 0 Å². The second-order valence-electron chi connectivity index (χ2n) is 6.38. The maximum Gasteiger partial charge on any atom is 0.289 e. The van der Waals surface area contributed by atoms with Crippen LogP contribution in [0.2, 0.25) is 0 Å². The first-order valence-electron chi connectivity index (χ1n) is 8.79. The van der Waals surface area contributed by atoms with Gasteiger partial charge in [-0.3, -0.25) is 9.89 Å². The van der Waals surface area contributed by atoms with Gasteiger partial charge in [0.15, 0.2) is 0 Å². The van der Waals surface area contributed by atoms with Crippen LogP contribution in [0.5, 0.6) is 5.75 Å². The first kappa shape index (κ1) is 17.5. The fraction of sp³-hybridized carbons (Fsp3) is 0.0455. The number of phenols is 1. The van der Waals surface area contributed by atoms with Crippen LogP contribution in [0.25, 0.3) is 22.0 Å². The fourth-order valence-electron chi connectivity index (χ4n) is 3.02. The van der Waals surface area contributed by atoms with Crippen molar-refractivity contribution in [1.82, 2.24) is 15.6 Å². The lowest BCUT2D eigenvalue weighted by molar-refractivity contribution is 0.0950. The monoisotopic (exact) mass is 370 g/mol. The van der Waals surface area contributed by atoms with Crippen molar-refractivity contribution < 1.29 is 9.90 Å². The Morgan fingerprint density at radius 1 is 1.04 bits per heavy atom. The number of carbonyl (C=O) groups excluding carboxylic acids is 1. The molecule has 138 valence electrons. The zero-order valence-electron chi connectivity index (χ0n) is 15.2. The molecule has 0 radical (unpaired) electrons. The Balaban J connectivity index is 1.55. The van der Waals surface area contributed by atoms with Gasteiger partial charge in [0.1, 0.15) is 11.4 Å². The van der Waals surface area contributed by atoms with Gasteiger partial charge in [0.2, 0.25) is 0 Å². The summed E-state index contributed by atoms with van der Waals surface area (Å²) in [6.45, 7) is 1.75. The van der Waals surface area contributed by atoms with E-state index < -0.39 is 5.91 Å². The van der Waals surface area contributed by atoms with Gasteiger partial charge in [0, 0.05) is 11.1 Å². The van der Waals surface area contributed by atoms with Crippen molar-refractivity contribution in [3.63, 3.8) is 0 Å². The molecule has 1 amide bonds. The van der Waals surface area contributed by atoms with E-state index in [4.69, 9.17) is 0 Å². The normalized spacial score (nSPS) is 11.5. The molecular weight excluding hydrogens is 352 g/mol. The summed E-state index contributed by atoms with van der Waals surface area (Å²) in [7, 11) is 0. The van der Waals surface area contributed by atoms with Crippen molar-refractivity contribution >= 4 is 22.4 Å². The van der Waals surface area contributed by atoms with Gasteiger partial charge in [-0.15, -0.1) is 0 Å². The number of benzene rings is 3. The molecule has 0 unspecified atom stereocenters. The van der Waals surface area contributed by atoms with Gasteiger partial charge >= 0.3 is 0 Å². The van der Waals surface area contributed by atoms with Crippen LogP contribution in [0.4, 0.5) is 0 Å². The summed E-state index contributed by atoms with van der Waals surface area (Å²) in [5, 5.41) is 22.9. The molecule has 0 fully saturated rings. The molecule has 3 aromatic carbocycles. The maximum absolute atomic E-state index is 12.4. The van der Waals surface area contributed by atoms with Gasteiger partial charge in [-0.1, -0.05) is 54.6 Å². The zero-order valence-corrected chi connectivity index (χ0v) is 15.2. The Labute approximate surface area is 161 Å². The molecule has 0 saturated carbocycles. The summed E-state index contributed by atoms with van der Waals surface area (Å²) >= 11 is 0. The molecule has 0 aliphatic carbocycles. The maximum atomic E-state index is 12.4. The molecule has 4 aromatic rings. The van der Waals surface area contributed by atoms with Crippen LogP contribution in [-0.4, -0.2) is 26.9 Å². The number of rotatable bonds is 4. The van der Waals surface area contributed by atoms with Crippen molar-refractivity contribution in [2.75, 3.05) is 0 Å². The smallest absolute Gasteiger partial charge is 0.289 e. The second kappa shape index (κ2) is 7.36. The average molecular weight is 370 g/mol. The Bertz CT molecular complexity index is 1190. The largest absolute Gasteiger partial charge is 0.508 e. The minimum absolute atomic E-state index is 0.145. The molecule has 0 aliphatic heterocycles. The Kier molecular flexibility index (Phi) is 4.60. The van der Waals surface area contributed by atoms with Gasteiger partial charge < -0.3 is 5.11 Å². The minimum Gasteiger partial charge on any atom is -0.508 e. The number of hydrogen-bond acceptors (Lipinski definition) is 4. The third-order valence-corrected chi connectivity index (χ3v) is 4.48. The van der Waals surface area contributed by atoms with Crippen molar-refractivity contribution in [3.05, 3.63) is 84.1 Å². The summed E-state index contributed by atoms with van der Waals surface area (Å²) in [6, 6.07) is 22.4. The van der Waals surface area contributed by atoms with Gasteiger partial charge in [-0.25, -0.2) is 5.43 Å². The van der Waals surface area contributed by atoms with E-state index in [-0.39, 0.29) is 5.75 Å². The van der Waals surface area contributed by atoms with Crippen LogP contribution < -0.4 is 5.43 Å². The third-order valence-electron chi connectivity index (χ3n) is 4.48. The molecule has 0 aliphatic rings. The van der Waals surface area contributed by atoms with E-state index in [0.29, 0.717) is 17.1 Å². The number of H-pyrrole nitrogens is 1. The average Bonchev–Trinajstić information content (AvgIpc) is 3.21. The Morgan fingerprint density at radius 2 is 1.82 bits per heavy atom. The third kappa shape index (κ3) is 3.48. The highest BCUT2D eigenvalue weighted by Gasteiger charge is 2.12. The molecule has 0 spiro atoms. The first-order chi connectivity index (χ1) is 13.6. The highest BCUT2D eigenvalue weighted by atomic mass is 16.3. The quantitative estimate of drug-likeness (QED) is 0.373. The number of hydrogen-bond donors (Lipinski definition) is 3. The summed E-state index contributed by atoms with van der Waals surface area (Å²) in [6.07, 6.45) is 0. The predicted molar refractivity (Wildman–Crippen MR) is 109 cm³/mol. The lowest BCUT2D eigenvalue weighted by Crippen LogP contribution is -2.19. The zero-order chi connectivity index (χ0) is 19.5. The van der Waals surface area contributed by atoms with Gasteiger partial charge in [0.05, 0.1) is 11.4 Å². The number of phenolic OH excluding ortho intramolecular Hbond substituents is 1.